The average Bonchev–Trinajstić information content (AvgIpc) is 2.65. The van der Waals surface area contributed by atoms with Crippen LogP contribution in [0.25, 0.3) is 5.57 Å². The van der Waals surface area contributed by atoms with Crippen LogP contribution in [0.4, 0.5) is 0 Å². The molecular weight excluding hydrogens is 196 g/mol. The Labute approximate surface area is 98.1 Å². The van der Waals surface area contributed by atoms with Crippen molar-refractivity contribution in [2.45, 2.75) is 45.1 Å². The molecule has 0 atom stereocenters. The second-order valence-corrected chi connectivity index (χ2v) is 5.06. The molecule has 1 nitrogen and oxygen atoms in total. The summed E-state index contributed by atoms with van der Waals surface area (Å²) in [4.78, 5) is 0. The summed E-state index contributed by atoms with van der Waals surface area (Å²) in [7, 11) is 0. The van der Waals surface area contributed by atoms with Crippen molar-refractivity contribution in [3.05, 3.63) is 36.4 Å². The van der Waals surface area contributed by atoms with Crippen LogP contribution in [0.2, 0.25) is 0 Å². The van der Waals surface area contributed by atoms with E-state index in [1.165, 1.54) is 31.2 Å². The molecule has 0 radical (unpaired) electrons. The van der Waals surface area contributed by atoms with Gasteiger partial charge in [-0.15, -0.1) is 0 Å². The molecule has 86 valence electrons. The Balaban J connectivity index is 2.07. The Morgan fingerprint density at radius 2 is 1.75 bits per heavy atom. The van der Waals surface area contributed by atoms with Crippen LogP contribution in [0.5, 0.6) is 5.75 Å². The minimum Gasteiger partial charge on any atom is -0.488 e. The van der Waals surface area contributed by atoms with Gasteiger partial charge in [-0.3, -0.25) is 0 Å². The van der Waals surface area contributed by atoms with Crippen molar-refractivity contribution < 1.29 is 4.74 Å². The molecule has 2 rings (SSSR count). The molecule has 0 bridgehead atoms. The molecule has 0 spiro atoms. The van der Waals surface area contributed by atoms with E-state index in [9.17, 15) is 0 Å². The van der Waals surface area contributed by atoms with Crippen LogP contribution in [0.1, 0.15) is 45.1 Å². The number of ether oxygens (including phenoxy) is 1. The zero-order valence-electron chi connectivity index (χ0n) is 10.3. The van der Waals surface area contributed by atoms with Gasteiger partial charge in [0.2, 0.25) is 0 Å². The van der Waals surface area contributed by atoms with Gasteiger partial charge in [0, 0.05) is 0 Å². The predicted octanol–water partition coefficient (Wildman–Crippen LogP) is 4.43. The molecule has 1 aliphatic carbocycles. The second-order valence-electron chi connectivity index (χ2n) is 5.06. The maximum absolute atomic E-state index is 6.07. The Morgan fingerprint density at radius 3 is 2.25 bits per heavy atom. The van der Waals surface area contributed by atoms with Gasteiger partial charge in [0.1, 0.15) is 11.4 Å². The quantitative estimate of drug-likeness (QED) is 0.726. The van der Waals surface area contributed by atoms with Gasteiger partial charge >= 0.3 is 0 Å². The van der Waals surface area contributed by atoms with E-state index in [0.717, 1.165) is 11.3 Å². The van der Waals surface area contributed by atoms with E-state index in [0.29, 0.717) is 0 Å². The molecule has 0 N–H and O–H groups in total. The normalized spacial score (nSPS) is 18.4. The van der Waals surface area contributed by atoms with Gasteiger partial charge in [0.15, 0.2) is 0 Å². The fourth-order valence-electron chi connectivity index (χ4n) is 2.32. The second kappa shape index (κ2) is 4.32. The molecule has 1 aromatic carbocycles. The van der Waals surface area contributed by atoms with Crippen molar-refractivity contribution in [2.24, 2.45) is 0 Å². The molecule has 1 fully saturated rings. The zero-order valence-corrected chi connectivity index (χ0v) is 10.3. The predicted molar refractivity (Wildman–Crippen MR) is 68.7 cm³/mol. The van der Waals surface area contributed by atoms with Crippen LogP contribution < -0.4 is 4.74 Å². The summed E-state index contributed by atoms with van der Waals surface area (Å²) < 4.78 is 6.07. The molecule has 16 heavy (non-hydrogen) atoms. The Morgan fingerprint density at radius 1 is 1.19 bits per heavy atom. The lowest BCUT2D eigenvalue weighted by Crippen LogP contribution is -2.27. The van der Waals surface area contributed by atoms with Crippen molar-refractivity contribution in [2.75, 3.05) is 0 Å². The van der Waals surface area contributed by atoms with Crippen LogP contribution in [-0.4, -0.2) is 5.60 Å². The summed E-state index contributed by atoms with van der Waals surface area (Å²) >= 11 is 0. The first-order valence-corrected chi connectivity index (χ1v) is 6.04. The summed E-state index contributed by atoms with van der Waals surface area (Å²) in [6.45, 7) is 8.17. The van der Waals surface area contributed by atoms with E-state index in [1.54, 1.807) is 0 Å². The molecular formula is C15H20O. The lowest BCUT2D eigenvalue weighted by atomic mass is 10.1. The van der Waals surface area contributed by atoms with Crippen molar-refractivity contribution >= 4 is 5.57 Å². The van der Waals surface area contributed by atoms with Crippen LogP contribution in [-0.2, 0) is 0 Å². The number of rotatable bonds is 3. The first kappa shape index (κ1) is 11.3. The summed E-state index contributed by atoms with van der Waals surface area (Å²) in [6.07, 6.45) is 4.94. The average molecular weight is 216 g/mol. The van der Waals surface area contributed by atoms with E-state index < -0.39 is 0 Å². The summed E-state index contributed by atoms with van der Waals surface area (Å²) in [5, 5.41) is 0. The molecule has 0 aromatic heterocycles. The maximum Gasteiger partial charge on any atom is 0.120 e. The molecule has 0 unspecified atom stereocenters. The monoisotopic (exact) mass is 216 g/mol. The highest BCUT2D eigenvalue weighted by Gasteiger charge is 2.30. The molecule has 0 amide bonds. The van der Waals surface area contributed by atoms with Crippen LogP contribution >= 0.6 is 0 Å². The van der Waals surface area contributed by atoms with E-state index in [1.807, 2.05) is 19.1 Å². The highest BCUT2D eigenvalue weighted by atomic mass is 16.5. The van der Waals surface area contributed by atoms with Crippen LogP contribution in [0, 0.1) is 0 Å². The molecule has 0 aliphatic heterocycles. The van der Waals surface area contributed by atoms with Crippen LogP contribution in [0.15, 0.2) is 30.8 Å². The summed E-state index contributed by atoms with van der Waals surface area (Å²) in [5.41, 5.74) is 2.34. The third-order valence-corrected chi connectivity index (χ3v) is 3.37. The fraction of sp³-hybridized carbons (Fsp3) is 0.467. The molecule has 1 aromatic rings. The number of hydrogen-bond acceptors (Lipinski definition) is 1. The van der Waals surface area contributed by atoms with E-state index >= 15 is 0 Å². The molecule has 1 heteroatoms. The van der Waals surface area contributed by atoms with Gasteiger partial charge in [0.25, 0.3) is 0 Å². The molecule has 0 heterocycles. The Bertz CT molecular complexity index is 369. The van der Waals surface area contributed by atoms with Crippen molar-refractivity contribution in [1.29, 1.82) is 0 Å². The minimum atomic E-state index is 0.0603. The van der Waals surface area contributed by atoms with Gasteiger partial charge in [-0.05, 0) is 57.2 Å². The summed E-state index contributed by atoms with van der Waals surface area (Å²) in [5.74, 6) is 0.981. The largest absolute Gasteiger partial charge is 0.488 e. The van der Waals surface area contributed by atoms with Gasteiger partial charge in [0.05, 0.1) is 0 Å². The van der Waals surface area contributed by atoms with Crippen molar-refractivity contribution in [1.82, 2.24) is 0 Å². The fourth-order valence-corrected chi connectivity index (χ4v) is 2.32. The highest BCUT2D eigenvalue weighted by molar-refractivity contribution is 5.61. The topological polar surface area (TPSA) is 9.23 Å². The Kier molecular flexibility index (Phi) is 3.04. The molecule has 0 saturated heterocycles. The molecule has 1 saturated carbocycles. The smallest absolute Gasteiger partial charge is 0.120 e. The standard InChI is InChI=1S/C15H20O/c1-12(2)13-6-8-14(9-7-13)16-15(3)10-4-5-11-15/h6-9H,1,4-5,10-11H2,2-3H3. The maximum atomic E-state index is 6.07. The third-order valence-electron chi connectivity index (χ3n) is 3.37. The van der Waals surface area contributed by atoms with Gasteiger partial charge in [-0.25, -0.2) is 0 Å². The Hall–Kier alpha value is -1.24. The van der Waals surface area contributed by atoms with Crippen molar-refractivity contribution in [3.8, 4) is 5.75 Å². The highest BCUT2D eigenvalue weighted by Crippen LogP contribution is 2.34. The first-order chi connectivity index (χ1) is 7.59. The summed E-state index contributed by atoms with van der Waals surface area (Å²) in [6, 6.07) is 8.26. The minimum absolute atomic E-state index is 0.0603. The van der Waals surface area contributed by atoms with Gasteiger partial charge < -0.3 is 4.74 Å². The van der Waals surface area contributed by atoms with Gasteiger partial charge in [-0.2, -0.15) is 0 Å². The SMILES string of the molecule is C=C(C)c1ccc(OC2(C)CCCC2)cc1. The lowest BCUT2D eigenvalue weighted by molar-refractivity contribution is 0.0968. The van der Waals surface area contributed by atoms with Crippen molar-refractivity contribution in [3.63, 3.8) is 0 Å². The lowest BCUT2D eigenvalue weighted by Gasteiger charge is -2.25. The van der Waals surface area contributed by atoms with E-state index in [-0.39, 0.29) is 5.60 Å². The molecule has 1 aliphatic rings. The third kappa shape index (κ3) is 2.46. The number of hydrogen-bond donors (Lipinski definition) is 0. The van der Waals surface area contributed by atoms with E-state index in [4.69, 9.17) is 4.74 Å². The van der Waals surface area contributed by atoms with Gasteiger partial charge in [-0.1, -0.05) is 24.3 Å². The number of allylic oxidation sites excluding steroid dienone is 1. The zero-order chi connectivity index (χ0) is 11.6. The number of benzene rings is 1. The van der Waals surface area contributed by atoms with E-state index in [2.05, 4.69) is 25.6 Å². The van der Waals surface area contributed by atoms with Crippen LogP contribution in [0.3, 0.4) is 0 Å². The first-order valence-electron chi connectivity index (χ1n) is 6.04.